The van der Waals surface area contributed by atoms with Gasteiger partial charge in [-0.1, -0.05) is 11.6 Å². The van der Waals surface area contributed by atoms with E-state index in [0.29, 0.717) is 5.02 Å². The molecule has 0 unspecified atom stereocenters. The predicted molar refractivity (Wildman–Crippen MR) is 85.5 cm³/mol. The van der Waals surface area contributed by atoms with Gasteiger partial charge in [0.25, 0.3) is 0 Å². The summed E-state index contributed by atoms with van der Waals surface area (Å²) in [4.78, 5) is 37.7. The summed E-state index contributed by atoms with van der Waals surface area (Å²) in [6.45, 7) is -0.375. The average molecular weight is 379 g/mol. The molecule has 0 radical (unpaired) electrons. The van der Waals surface area contributed by atoms with Gasteiger partial charge < -0.3 is 21.1 Å². The molecule has 132 valence electrons. The maximum atomic E-state index is 11.7. The molecule has 12 heteroatoms. The van der Waals surface area contributed by atoms with Crippen molar-refractivity contribution in [3.8, 4) is 0 Å². The van der Waals surface area contributed by atoms with Gasteiger partial charge in [-0.05, 0) is 12.1 Å². The first-order chi connectivity index (χ1) is 11.1. The molecule has 0 aliphatic carbocycles. The minimum Gasteiger partial charge on any atom is -0.465 e. The summed E-state index contributed by atoms with van der Waals surface area (Å²) in [5, 5.41) is 15.3. The van der Waals surface area contributed by atoms with E-state index in [-0.39, 0.29) is 12.4 Å². The van der Waals surface area contributed by atoms with E-state index in [1.807, 2.05) is 5.32 Å². The van der Waals surface area contributed by atoms with Crippen molar-refractivity contribution < 1.29 is 27.9 Å². The first-order valence-corrected chi connectivity index (χ1v) is 8.88. The van der Waals surface area contributed by atoms with Crippen molar-refractivity contribution in [1.82, 2.24) is 15.6 Å². The number of carbonyl (C=O) groups is 3. The third kappa shape index (κ3) is 7.74. The lowest BCUT2D eigenvalue weighted by Gasteiger charge is -2.16. The van der Waals surface area contributed by atoms with Gasteiger partial charge in [-0.25, -0.2) is 18.2 Å². The number of hydrogen-bond donors (Lipinski definition) is 4. The minimum atomic E-state index is -3.49. The number of anilines is 1. The number of nitrogens with zero attached hydrogens (tertiary/aromatic N) is 1. The molecule has 0 saturated carbocycles. The number of carbonyl (C=O) groups excluding carboxylic acids is 2. The molecule has 0 bridgehead atoms. The van der Waals surface area contributed by atoms with Crippen LogP contribution in [0.3, 0.4) is 0 Å². The van der Waals surface area contributed by atoms with E-state index in [1.165, 1.54) is 18.3 Å². The first-order valence-electron chi connectivity index (χ1n) is 6.45. The standard InChI is InChI=1S/C12H15ClN4O6S/c1-24(22,23)6-8(16-12(20)21)5-15-10(18)11(19)17-9-3-2-7(13)4-14-9/h2-4,8,16H,5-6H2,1H3,(H,15,18)(H,20,21)(H,14,17,19)/t8-/m0/s1. The van der Waals surface area contributed by atoms with Gasteiger partial charge in [0, 0.05) is 19.0 Å². The zero-order valence-electron chi connectivity index (χ0n) is 12.4. The van der Waals surface area contributed by atoms with Gasteiger partial charge in [0.1, 0.15) is 15.7 Å². The number of sulfone groups is 1. The van der Waals surface area contributed by atoms with Crippen LogP contribution in [-0.2, 0) is 19.4 Å². The van der Waals surface area contributed by atoms with Gasteiger partial charge in [0.15, 0.2) is 0 Å². The molecule has 0 aromatic carbocycles. The lowest BCUT2D eigenvalue weighted by Crippen LogP contribution is -2.48. The summed E-state index contributed by atoms with van der Waals surface area (Å²) < 4.78 is 22.5. The van der Waals surface area contributed by atoms with Crippen LogP contribution in [0.5, 0.6) is 0 Å². The van der Waals surface area contributed by atoms with E-state index in [4.69, 9.17) is 16.7 Å². The maximum absolute atomic E-state index is 11.7. The Balaban J connectivity index is 2.58. The molecule has 3 amide bonds. The van der Waals surface area contributed by atoms with E-state index < -0.39 is 39.5 Å². The number of hydrogen-bond acceptors (Lipinski definition) is 6. The Labute approximate surface area is 142 Å². The number of pyridine rings is 1. The number of amides is 3. The smallest absolute Gasteiger partial charge is 0.404 e. The normalized spacial score (nSPS) is 12.1. The highest BCUT2D eigenvalue weighted by molar-refractivity contribution is 7.90. The quantitative estimate of drug-likeness (QED) is 0.485. The number of halogens is 1. The summed E-state index contributed by atoms with van der Waals surface area (Å²) in [6, 6.07) is 1.75. The molecule has 0 spiro atoms. The molecule has 1 rings (SSSR count). The molecule has 0 fully saturated rings. The van der Waals surface area contributed by atoms with Crippen molar-refractivity contribution in [1.29, 1.82) is 0 Å². The van der Waals surface area contributed by atoms with Crippen molar-refractivity contribution in [2.24, 2.45) is 0 Å². The van der Waals surface area contributed by atoms with Crippen LogP contribution in [0.4, 0.5) is 10.6 Å². The second-order valence-corrected chi connectivity index (χ2v) is 7.39. The number of carboxylic acid groups (broad SMARTS) is 1. The second kappa shape index (κ2) is 8.45. The zero-order valence-corrected chi connectivity index (χ0v) is 14.0. The molecule has 1 aromatic heterocycles. The third-order valence-corrected chi connectivity index (χ3v) is 3.75. The molecular formula is C12H15ClN4O6S. The van der Waals surface area contributed by atoms with E-state index >= 15 is 0 Å². The number of aromatic nitrogens is 1. The molecular weight excluding hydrogens is 364 g/mol. The Hall–Kier alpha value is -2.40. The first kappa shape index (κ1) is 19.6. The predicted octanol–water partition coefficient (Wildman–Crippen LogP) is -0.529. The summed E-state index contributed by atoms with van der Waals surface area (Å²) in [7, 11) is -3.49. The van der Waals surface area contributed by atoms with Gasteiger partial charge in [0.05, 0.1) is 16.8 Å². The maximum Gasteiger partial charge on any atom is 0.404 e. The molecule has 24 heavy (non-hydrogen) atoms. The van der Waals surface area contributed by atoms with E-state index in [1.54, 1.807) is 0 Å². The molecule has 1 atom stereocenters. The summed E-state index contributed by atoms with van der Waals surface area (Å²) >= 11 is 5.63. The van der Waals surface area contributed by atoms with Crippen LogP contribution in [0.15, 0.2) is 18.3 Å². The highest BCUT2D eigenvalue weighted by atomic mass is 35.5. The van der Waals surface area contributed by atoms with Crippen LogP contribution in [0, 0.1) is 0 Å². The van der Waals surface area contributed by atoms with Crippen LogP contribution < -0.4 is 16.0 Å². The van der Waals surface area contributed by atoms with Crippen LogP contribution >= 0.6 is 11.6 Å². The van der Waals surface area contributed by atoms with Gasteiger partial charge in [-0.15, -0.1) is 0 Å². The average Bonchev–Trinajstić information content (AvgIpc) is 2.44. The molecule has 10 nitrogen and oxygen atoms in total. The van der Waals surface area contributed by atoms with E-state index in [2.05, 4.69) is 15.6 Å². The SMILES string of the molecule is CS(=O)(=O)C[C@H](CNC(=O)C(=O)Nc1ccc(Cl)cn1)NC(=O)O. The molecule has 4 N–H and O–H groups in total. The third-order valence-electron chi connectivity index (χ3n) is 2.52. The van der Waals surface area contributed by atoms with Crippen LogP contribution in [-0.4, -0.2) is 61.0 Å². The fourth-order valence-corrected chi connectivity index (χ4v) is 2.65. The summed E-state index contributed by atoms with van der Waals surface area (Å²) in [5.41, 5.74) is 0. The van der Waals surface area contributed by atoms with Crippen molar-refractivity contribution in [3.05, 3.63) is 23.4 Å². The topological polar surface area (TPSA) is 155 Å². The Morgan fingerprint density at radius 3 is 2.46 bits per heavy atom. The summed E-state index contributed by atoms with van der Waals surface area (Å²) in [5.74, 6) is -2.55. The number of rotatable bonds is 6. The van der Waals surface area contributed by atoms with Crippen LogP contribution in [0.2, 0.25) is 5.02 Å². The van der Waals surface area contributed by atoms with Gasteiger partial charge >= 0.3 is 17.9 Å². The highest BCUT2D eigenvalue weighted by Gasteiger charge is 2.21. The zero-order chi connectivity index (χ0) is 18.3. The van der Waals surface area contributed by atoms with E-state index in [9.17, 15) is 22.8 Å². The van der Waals surface area contributed by atoms with Crippen molar-refractivity contribution in [3.63, 3.8) is 0 Å². The Morgan fingerprint density at radius 1 is 1.29 bits per heavy atom. The minimum absolute atomic E-state index is 0.0934. The van der Waals surface area contributed by atoms with E-state index in [0.717, 1.165) is 6.26 Å². The molecule has 1 aromatic rings. The van der Waals surface area contributed by atoms with Gasteiger partial charge in [-0.2, -0.15) is 0 Å². The van der Waals surface area contributed by atoms with Crippen LogP contribution in [0.1, 0.15) is 0 Å². The Bertz CT molecular complexity index is 722. The highest BCUT2D eigenvalue weighted by Crippen LogP contribution is 2.09. The number of nitrogens with one attached hydrogen (secondary N) is 3. The molecule has 0 aliphatic rings. The Morgan fingerprint density at radius 2 is 1.96 bits per heavy atom. The van der Waals surface area contributed by atoms with Gasteiger partial charge in [-0.3, -0.25) is 9.59 Å². The lowest BCUT2D eigenvalue weighted by atomic mass is 10.3. The van der Waals surface area contributed by atoms with Crippen molar-refractivity contribution >= 4 is 45.2 Å². The molecule has 1 heterocycles. The summed E-state index contributed by atoms with van der Waals surface area (Å²) in [6.07, 6.45) is 0.742. The van der Waals surface area contributed by atoms with Crippen molar-refractivity contribution in [2.75, 3.05) is 23.9 Å². The fourth-order valence-electron chi connectivity index (χ4n) is 1.61. The fraction of sp³-hybridized carbons (Fsp3) is 0.333. The lowest BCUT2D eigenvalue weighted by molar-refractivity contribution is -0.136. The largest absolute Gasteiger partial charge is 0.465 e. The van der Waals surface area contributed by atoms with Crippen molar-refractivity contribution in [2.45, 2.75) is 6.04 Å². The monoisotopic (exact) mass is 378 g/mol. The van der Waals surface area contributed by atoms with Gasteiger partial charge in [0.2, 0.25) is 0 Å². The second-order valence-electron chi connectivity index (χ2n) is 4.76. The molecule has 0 saturated heterocycles. The molecule has 0 aliphatic heterocycles. The Kier molecular flexibility index (Phi) is 6.92. The van der Waals surface area contributed by atoms with Crippen LogP contribution in [0.25, 0.3) is 0 Å².